The predicted octanol–water partition coefficient (Wildman–Crippen LogP) is 3.45. The summed E-state index contributed by atoms with van der Waals surface area (Å²) < 4.78 is 0. The van der Waals surface area contributed by atoms with Crippen LogP contribution in [-0.2, 0) is 11.3 Å². The van der Waals surface area contributed by atoms with Crippen LogP contribution in [0.5, 0.6) is 0 Å². The molecule has 1 saturated heterocycles. The second-order valence-corrected chi connectivity index (χ2v) is 5.56. The van der Waals surface area contributed by atoms with Crippen molar-refractivity contribution in [3.63, 3.8) is 0 Å². The number of likely N-dealkylation sites (tertiary alicyclic amines) is 1. The average Bonchev–Trinajstić information content (AvgIpc) is 2.35. The van der Waals surface area contributed by atoms with Crippen molar-refractivity contribution in [2.75, 3.05) is 13.1 Å². The Bertz CT molecular complexity index is 444. The van der Waals surface area contributed by atoms with Crippen LogP contribution in [0, 0.1) is 12.8 Å². The molecule has 0 radical (unpaired) electrons. The quantitative estimate of drug-likeness (QED) is 0.834. The number of hydrogen-bond acceptors (Lipinski definition) is 2. The molecule has 0 saturated carbocycles. The third-order valence-electron chi connectivity index (χ3n) is 3.70. The maximum Gasteiger partial charge on any atom is 0.138 e. The Morgan fingerprint density at radius 1 is 1.44 bits per heavy atom. The number of piperidine rings is 1. The molecule has 98 valence electrons. The second-order valence-electron chi connectivity index (χ2n) is 5.15. The number of nitrogens with zero attached hydrogens (tertiary/aromatic N) is 1. The van der Waals surface area contributed by atoms with Gasteiger partial charge in [0.15, 0.2) is 0 Å². The molecule has 18 heavy (non-hydrogen) atoms. The highest BCUT2D eigenvalue weighted by molar-refractivity contribution is 6.31. The first-order valence-electron chi connectivity index (χ1n) is 6.60. The fourth-order valence-electron chi connectivity index (χ4n) is 2.50. The van der Waals surface area contributed by atoms with Gasteiger partial charge >= 0.3 is 0 Å². The van der Waals surface area contributed by atoms with Crippen molar-refractivity contribution in [1.29, 1.82) is 0 Å². The minimum absolute atomic E-state index is 0.211. The minimum Gasteiger partial charge on any atom is -0.299 e. The van der Waals surface area contributed by atoms with Gasteiger partial charge in [-0.2, -0.15) is 0 Å². The molecule has 1 aromatic rings. The van der Waals surface area contributed by atoms with Gasteiger partial charge in [-0.15, -0.1) is 0 Å². The summed E-state index contributed by atoms with van der Waals surface area (Å²) in [6, 6.07) is 6.19. The van der Waals surface area contributed by atoms with Crippen LogP contribution in [0.4, 0.5) is 0 Å². The highest BCUT2D eigenvalue weighted by Crippen LogP contribution is 2.22. The maximum atomic E-state index is 11.7. The third-order valence-corrected chi connectivity index (χ3v) is 4.06. The fraction of sp³-hybridized carbons (Fsp3) is 0.533. The summed E-state index contributed by atoms with van der Waals surface area (Å²) in [6.07, 6.45) is 1.62. The molecule has 1 atom stereocenters. The zero-order valence-corrected chi connectivity index (χ0v) is 11.8. The molecule has 2 nitrogen and oxygen atoms in total. The Balaban J connectivity index is 2.03. The van der Waals surface area contributed by atoms with E-state index >= 15 is 0 Å². The molecule has 0 bridgehead atoms. The summed E-state index contributed by atoms with van der Waals surface area (Å²) in [5.41, 5.74) is 2.34. The van der Waals surface area contributed by atoms with Crippen LogP contribution in [-0.4, -0.2) is 23.8 Å². The molecular formula is C15H20ClNO. The van der Waals surface area contributed by atoms with E-state index in [0.29, 0.717) is 12.2 Å². The SMILES string of the molecule is CCC1CN(Cc2ccc(C)cc2Cl)CCC1=O. The molecule has 0 spiro atoms. The number of hydrogen-bond donors (Lipinski definition) is 0. The number of aryl methyl sites for hydroxylation is 1. The Morgan fingerprint density at radius 2 is 2.22 bits per heavy atom. The summed E-state index contributed by atoms with van der Waals surface area (Å²) >= 11 is 6.25. The number of carbonyl (C=O) groups is 1. The summed E-state index contributed by atoms with van der Waals surface area (Å²) in [5.74, 6) is 0.631. The molecular weight excluding hydrogens is 246 g/mol. The van der Waals surface area contributed by atoms with E-state index in [1.807, 2.05) is 13.0 Å². The zero-order valence-electron chi connectivity index (χ0n) is 11.1. The van der Waals surface area contributed by atoms with Gasteiger partial charge in [0.25, 0.3) is 0 Å². The van der Waals surface area contributed by atoms with Crippen molar-refractivity contribution in [2.45, 2.75) is 33.2 Å². The first-order chi connectivity index (χ1) is 8.60. The first-order valence-corrected chi connectivity index (χ1v) is 6.98. The molecule has 1 aliphatic rings. The van der Waals surface area contributed by atoms with Crippen LogP contribution in [0.15, 0.2) is 18.2 Å². The van der Waals surface area contributed by atoms with E-state index in [4.69, 9.17) is 11.6 Å². The van der Waals surface area contributed by atoms with Gasteiger partial charge in [-0.25, -0.2) is 0 Å². The van der Waals surface area contributed by atoms with Crippen LogP contribution < -0.4 is 0 Å². The molecule has 1 heterocycles. The van der Waals surface area contributed by atoms with Crippen molar-refractivity contribution in [3.8, 4) is 0 Å². The van der Waals surface area contributed by atoms with Crippen molar-refractivity contribution in [2.24, 2.45) is 5.92 Å². The fourth-order valence-corrected chi connectivity index (χ4v) is 2.79. The van der Waals surface area contributed by atoms with Crippen molar-refractivity contribution in [3.05, 3.63) is 34.3 Å². The predicted molar refractivity (Wildman–Crippen MR) is 74.9 cm³/mol. The van der Waals surface area contributed by atoms with Gasteiger partial charge in [0.2, 0.25) is 0 Å². The van der Waals surface area contributed by atoms with Crippen molar-refractivity contribution >= 4 is 17.4 Å². The summed E-state index contributed by atoms with van der Waals surface area (Å²) in [5, 5.41) is 0.833. The van der Waals surface area contributed by atoms with E-state index in [-0.39, 0.29) is 5.92 Å². The lowest BCUT2D eigenvalue weighted by Crippen LogP contribution is -2.40. The number of Topliss-reactive ketones (excluding diaryl/α,β-unsaturated/α-hetero) is 1. The smallest absolute Gasteiger partial charge is 0.138 e. The Hall–Kier alpha value is -0.860. The molecule has 0 aliphatic carbocycles. The van der Waals surface area contributed by atoms with Gasteiger partial charge in [0.1, 0.15) is 5.78 Å². The highest BCUT2D eigenvalue weighted by atomic mass is 35.5. The maximum absolute atomic E-state index is 11.7. The molecule has 0 aromatic heterocycles. The van der Waals surface area contributed by atoms with E-state index in [2.05, 4.69) is 24.0 Å². The Labute approximate surface area is 114 Å². The number of carbonyl (C=O) groups excluding carboxylic acids is 1. The van der Waals surface area contributed by atoms with Gasteiger partial charge in [-0.05, 0) is 30.5 Å². The molecule has 1 unspecified atom stereocenters. The minimum atomic E-state index is 0.211. The van der Waals surface area contributed by atoms with Crippen molar-refractivity contribution < 1.29 is 4.79 Å². The molecule has 0 amide bonds. The Kier molecular flexibility index (Phi) is 4.41. The number of halogens is 1. The van der Waals surface area contributed by atoms with Crippen molar-refractivity contribution in [1.82, 2.24) is 4.90 Å². The zero-order chi connectivity index (χ0) is 13.1. The van der Waals surface area contributed by atoms with Gasteiger partial charge in [0, 0.05) is 37.0 Å². The number of rotatable bonds is 3. The average molecular weight is 266 g/mol. The Morgan fingerprint density at radius 3 is 2.89 bits per heavy atom. The first kappa shape index (κ1) is 13.6. The van der Waals surface area contributed by atoms with E-state index in [1.54, 1.807) is 0 Å². The number of benzene rings is 1. The van der Waals surface area contributed by atoms with Crippen LogP contribution in [0.25, 0.3) is 0 Å². The highest BCUT2D eigenvalue weighted by Gasteiger charge is 2.25. The summed E-state index contributed by atoms with van der Waals surface area (Å²) in [7, 11) is 0. The summed E-state index contributed by atoms with van der Waals surface area (Å²) in [6.45, 7) is 6.72. The van der Waals surface area contributed by atoms with Gasteiger partial charge in [0.05, 0.1) is 0 Å². The van der Waals surface area contributed by atoms with E-state index in [0.717, 1.165) is 36.6 Å². The molecule has 1 aliphatic heterocycles. The van der Waals surface area contributed by atoms with Crippen LogP contribution in [0.1, 0.15) is 30.9 Å². The van der Waals surface area contributed by atoms with E-state index in [1.165, 1.54) is 5.56 Å². The van der Waals surface area contributed by atoms with E-state index < -0.39 is 0 Å². The molecule has 0 N–H and O–H groups in total. The third kappa shape index (κ3) is 3.12. The molecule has 1 fully saturated rings. The monoisotopic (exact) mass is 265 g/mol. The molecule has 2 rings (SSSR count). The standard InChI is InChI=1S/C15H20ClNO/c1-3-12-9-17(7-6-15(12)18)10-13-5-4-11(2)8-14(13)16/h4-5,8,12H,3,6-7,9-10H2,1-2H3. The normalized spacial score (nSPS) is 21.3. The van der Waals surface area contributed by atoms with Crippen LogP contribution in [0.3, 0.4) is 0 Å². The van der Waals surface area contributed by atoms with E-state index in [9.17, 15) is 4.79 Å². The topological polar surface area (TPSA) is 20.3 Å². The molecule has 1 aromatic carbocycles. The lowest BCUT2D eigenvalue weighted by atomic mass is 9.94. The van der Waals surface area contributed by atoms with Gasteiger partial charge < -0.3 is 0 Å². The van der Waals surface area contributed by atoms with Crippen LogP contribution >= 0.6 is 11.6 Å². The lowest BCUT2D eigenvalue weighted by Gasteiger charge is -2.31. The summed E-state index contributed by atoms with van der Waals surface area (Å²) in [4.78, 5) is 14.0. The van der Waals surface area contributed by atoms with Gasteiger partial charge in [-0.1, -0.05) is 30.7 Å². The van der Waals surface area contributed by atoms with Gasteiger partial charge in [-0.3, -0.25) is 9.69 Å². The second kappa shape index (κ2) is 5.85. The largest absolute Gasteiger partial charge is 0.299 e. The lowest BCUT2D eigenvalue weighted by molar-refractivity contribution is -0.126. The number of ketones is 1. The van der Waals surface area contributed by atoms with Crippen LogP contribution in [0.2, 0.25) is 5.02 Å². The molecule has 3 heteroatoms.